The molecule has 0 bridgehead atoms. The maximum absolute atomic E-state index is 15.7. The lowest BCUT2D eigenvalue weighted by Gasteiger charge is -2.26. The van der Waals surface area contributed by atoms with Crippen LogP contribution in [0.2, 0.25) is 0 Å². The van der Waals surface area contributed by atoms with Gasteiger partial charge in [0.2, 0.25) is 5.43 Å². The van der Waals surface area contributed by atoms with E-state index < -0.39 is 17.2 Å². The number of carboxylic acid groups (broad SMARTS) is 1. The molecule has 1 aromatic carbocycles. The number of carbonyl (C=O) groups is 1. The van der Waals surface area contributed by atoms with E-state index in [1.54, 1.807) is 6.92 Å². The monoisotopic (exact) mass is 415 g/mol. The zero-order chi connectivity index (χ0) is 21.2. The number of benzene rings is 1. The number of aromatic nitrogens is 1. The van der Waals surface area contributed by atoms with Gasteiger partial charge in [0, 0.05) is 36.9 Å². The van der Waals surface area contributed by atoms with Gasteiger partial charge < -0.3 is 24.6 Å². The Balaban J connectivity index is 1.78. The lowest BCUT2D eigenvalue weighted by Crippen LogP contribution is -2.40. The largest absolute Gasteiger partial charge is 0.492 e. The van der Waals surface area contributed by atoms with Crippen molar-refractivity contribution in [2.45, 2.75) is 44.7 Å². The minimum Gasteiger partial charge on any atom is -0.492 e. The number of methoxy groups -OCH3 is 1. The third-order valence-electron chi connectivity index (χ3n) is 6.87. The summed E-state index contributed by atoms with van der Waals surface area (Å²) in [5, 5.41) is 13.2. The molecule has 3 heterocycles. The smallest absolute Gasteiger partial charge is 0.341 e. The van der Waals surface area contributed by atoms with Crippen LogP contribution >= 0.6 is 0 Å². The second-order valence-corrected chi connectivity index (χ2v) is 8.73. The van der Waals surface area contributed by atoms with Crippen LogP contribution in [0.5, 0.6) is 5.75 Å². The van der Waals surface area contributed by atoms with Crippen molar-refractivity contribution in [2.24, 2.45) is 5.92 Å². The van der Waals surface area contributed by atoms with Crippen molar-refractivity contribution in [3.05, 3.63) is 33.4 Å². The summed E-state index contributed by atoms with van der Waals surface area (Å²) in [6, 6.07) is 0.416. The highest BCUT2D eigenvalue weighted by Gasteiger charge is 2.39. The zero-order valence-corrected chi connectivity index (χ0v) is 17.2. The molecular weight excluding hydrogens is 389 g/mol. The van der Waals surface area contributed by atoms with Crippen LogP contribution in [0.3, 0.4) is 0 Å². The molecule has 1 saturated carbocycles. The number of fused-ring (bicyclic) bond motifs is 2. The number of nitrogens with one attached hydrogen (secondary N) is 1. The van der Waals surface area contributed by atoms with Crippen LogP contribution in [0.15, 0.2) is 11.0 Å². The highest BCUT2D eigenvalue weighted by atomic mass is 19.1. The maximum Gasteiger partial charge on any atom is 0.341 e. The summed E-state index contributed by atoms with van der Waals surface area (Å²) < 4.78 is 23.3. The molecule has 2 saturated heterocycles. The minimum absolute atomic E-state index is 0.0978. The fraction of sp³-hybridized carbons (Fsp3) is 0.545. The predicted octanol–water partition coefficient (Wildman–Crippen LogP) is 2.68. The standard InChI is InChI=1S/C22H26FN3O4/c1-11-16-18(26(13-5-6-13)9-14(20(16)27)22(28)29)21(30-2)19(17(11)23)25-8-12-4-3-7-24-15(12)10-25/h9,12-13,15,24H,3-8,10H2,1-2H3,(H,28,29). The quantitative estimate of drug-likeness (QED) is 0.799. The van der Waals surface area contributed by atoms with Crippen molar-refractivity contribution in [2.75, 3.05) is 31.6 Å². The average molecular weight is 415 g/mol. The van der Waals surface area contributed by atoms with Gasteiger partial charge in [-0.2, -0.15) is 0 Å². The van der Waals surface area contributed by atoms with Crippen LogP contribution in [0, 0.1) is 18.7 Å². The fourth-order valence-corrected chi connectivity index (χ4v) is 5.21. The first-order chi connectivity index (χ1) is 14.4. The first-order valence-electron chi connectivity index (χ1n) is 10.6. The Morgan fingerprint density at radius 3 is 2.70 bits per heavy atom. The van der Waals surface area contributed by atoms with Crippen LogP contribution in [0.4, 0.5) is 10.1 Å². The van der Waals surface area contributed by atoms with Crippen LogP contribution in [0.25, 0.3) is 10.9 Å². The number of hydrogen-bond acceptors (Lipinski definition) is 5. The van der Waals surface area contributed by atoms with E-state index in [0.29, 0.717) is 35.5 Å². The van der Waals surface area contributed by atoms with E-state index in [1.165, 1.54) is 13.3 Å². The number of piperidine rings is 1. The third kappa shape index (κ3) is 2.80. The number of pyridine rings is 1. The molecule has 2 atom stereocenters. The number of aromatic carboxylic acids is 1. The normalized spacial score (nSPS) is 23.6. The molecule has 1 aliphatic carbocycles. The molecule has 7 nitrogen and oxygen atoms in total. The summed E-state index contributed by atoms with van der Waals surface area (Å²) >= 11 is 0. The van der Waals surface area contributed by atoms with E-state index in [4.69, 9.17) is 4.74 Å². The van der Waals surface area contributed by atoms with Gasteiger partial charge in [-0.3, -0.25) is 4.79 Å². The van der Waals surface area contributed by atoms with Crippen molar-refractivity contribution in [3.8, 4) is 5.75 Å². The Morgan fingerprint density at radius 1 is 1.30 bits per heavy atom. The van der Waals surface area contributed by atoms with Crippen LogP contribution in [-0.2, 0) is 0 Å². The van der Waals surface area contributed by atoms with Crippen molar-refractivity contribution < 1.29 is 19.0 Å². The van der Waals surface area contributed by atoms with Gasteiger partial charge in [0.05, 0.1) is 18.0 Å². The van der Waals surface area contributed by atoms with Crippen molar-refractivity contribution in [1.82, 2.24) is 9.88 Å². The number of ether oxygens (including phenoxy) is 1. The Hall–Kier alpha value is -2.61. The molecule has 2 N–H and O–H groups in total. The molecule has 3 aliphatic rings. The minimum atomic E-state index is -1.30. The molecule has 1 aromatic heterocycles. The van der Waals surface area contributed by atoms with Crippen LogP contribution in [-0.4, -0.2) is 48.4 Å². The molecule has 0 amide bonds. The highest BCUT2D eigenvalue weighted by Crippen LogP contribution is 2.46. The molecule has 8 heteroatoms. The average Bonchev–Trinajstić information content (AvgIpc) is 3.48. The first-order valence-corrected chi connectivity index (χ1v) is 10.6. The number of anilines is 1. The van der Waals surface area contributed by atoms with E-state index in [1.807, 2.05) is 9.47 Å². The first kappa shape index (κ1) is 19.4. The molecular formula is C22H26FN3O4. The number of rotatable bonds is 4. The van der Waals surface area contributed by atoms with Crippen LogP contribution < -0.4 is 20.4 Å². The summed E-state index contributed by atoms with van der Waals surface area (Å²) in [7, 11) is 1.49. The zero-order valence-electron chi connectivity index (χ0n) is 17.2. The van der Waals surface area contributed by atoms with E-state index in [2.05, 4.69) is 5.32 Å². The van der Waals surface area contributed by atoms with Crippen molar-refractivity contribution >= 4 is 22.6 Å². The van der Waals surface area contributed by atoms with Crippen LogP contribution in [0.1, 0.15) is 47.6 Å². The second kappa shape index (κ2) is 6.97. The van der Waals surface area contributed by atoms with Gasteiger partial charge in [0.1, 0.15) is 11.3 Å². The summed E-state index contributed by atoms with van der Waals surface area (Å²) in [6.07, 6.45) is 5.41. The summed E-state index contributed by atoms with van der Waals surface area (Å²) in [5.74, 6) is -1.01. The Kier molecular flexibility index (Phi) is 4.50. The van der Waals surface area contributed by atoms with Gasteiger partial charge >= 0.3 is 5.97 Å². The summed E-state index contributed by atoms with van der Waals surface area (Å²) in [4.78, 5) is 26.7. The number of nitrogens with zero attached hydrogens (tertiary/aromatic N) is 2. The Morgan fingerprint density at radius 2 is 2.07 bits per heavy atom. The molecule has 2 unspecified atom stereocenters. The van der Waals surface area contributed by atoms with Gasteiger partial charge in [-0.25, -0.2) is 9.18 Å². The SMILES string of the molecule is COc1c(N2CC3CCCNC3C2)c(F)c(C)c2c(=O)c(C(=O)O)cn(C3CC3)c12. The Bertz CT molecular complexity index is 1090. The van der Waals surface area contributed by atoms with Gasteiger partial charge in [-0.05, 0) is 45.1 Å². The molecule has 30 heavy (non-hydrogen) atoms. The number of hydrogen-bond donors (Lipinski definition) is 2. The van der Waals surface area contributed by atoms with E-state index >= 15 is 4.39 Å². The van der Waals surface area contributed by atoms with Gasteiger partial charge in [0.15, 0.2) is 11.6 Å². The predicted molar refractivity (Wildman–Crippen MR) is 111 cm³/mol. The lowest BCUT2D eigenvalue weighted by molar-refractivity contribution is 0.0695. The molecule has 160 valence electrons. The van der Waals surface area contributed by atoms with E-state index in [0.717, 1.165) is 38.8 Å². The third-order valence-corrected chi connectivity index (χ3v) is 6.87. The summed E-state index contributed by atoms with van der Waals surface area (Å²) in [5.41, 5.74) is 0.0870. The maximum atomic E-state index is 15.7. The lowest BCUT2D eigenvalue weighted by atomic mass is 9.94. The molecule has 5 rings (SSSR count). The molecule has 3 fully saturated rings. The van der Waals surface area contributed by atoms with E-state index in [-0.39, 0.29) is 22.6 Å². The number of aryl methyl sites for hydroxylation is 1. The van der Waals surface area contributed by atoms with Crippen molar-refractivity contribution in [1.29, 1.82) is 0 Å². The fourth-order valence-electron chi connectivity index (χ4n) is 5.21. The number of halogens is 1. The molecule has 0 radical (unpaired) electrons. The topological polar surface area (TPSA) is 83.8 Å². The van der Waals surface area contributed by atoms with Gasteiger partial charge in [-0.15, -0.1) is 0 Å². The highest BCUT2D eigenvalue weighted by molar-refractivity contribution is 5.99. The molecule has 2 aromatic rings. The second-order valence-electron chi connectivity index (χ2n) is 8.73. The Labute approximate surface area is 173 Å². The van der Waals surface area contributed by atoms with Gasteiger partial charge in [-0.1, -0.05) is 0 Å². The van der Waals surface area contributed by atoms with Crippen molar-refractivity contribution in [3.63, 3.8) is 0 Å². The molecule has 0 spiro atoms. The molecule has 2 aliphatic heterocycles. The number of carboxylic acids is 1. The summed E-state index contributed by atoms with van der Waals surface area (Å²) in [6.45, 7) is 3.96. The van der Waals surface area contributed by atoms with Gasteiger partial charge in [0.25, 0.3) is 0 Å². The van der Waals surface area contributed by atoms with E-state index in [9.17, 15) is 14.7 Å².